The first kappa shape index (κ1) is 20.2. The van der Waals surface area contributed by atoms with Gasteiger partial charge >= 0.3 is 5.63 Å². The lowest BCUT2D eigenvalue weighted by atomic mass is 9.97. The SMILES string of the molecule is Cc1coc2c(C)c3oc(=O)c(CCC(=O)N4CCCC[C@@H]4C(=O)[O-])c(C)c3cc12. The Balaban J connectivity index is 1.67. The number of hydrogen-bond donors (Lipinski definition) is 0. The molecule has 1 saturated heterocycles. The summed E-state index contributed by atoms with van der Waals surface area (Å²) < 4.78 is 11.2. The number of carboxylic acid groups (broad SMARTS) is 1. The summed E-state index contributed by atoms with van der Waals surface area (Å²) in [7, 11) is 0. The number of likely N-dealkylation sites (tertiary alicyclic amines) is 1. The molecule has 2 aromatic heterocycles. The number of carbonyl (C=O) groups is 2. The van der Waals surface area contributed by atoms with Crippen molar-refractivity contribution in [2.24, 2.45) is 0 Å². The topological polar surface area (TPSA) is 104 Å². The van der Waals surface area contributed by atoms with Gasteiger partial charge in [0.25, 0.3) is 0 Å². The van der Waals surface area contributed by atoms with Crippen molar-refractivity contribution in [3.63, 3.8) is 0 Å². The molecule has 0 bridgehead atoms. The van der Waals surface area contributed by atoms with Crippen LogP contribution in [0.5, 0.6) is 0 Å². The van der Waals surface area contributed by atoms with Crippen molar-refractivity contribution >= 4 is 33.8 Å². The number of rotatable bonds is 4. The molecule has 1 amide bonds. The van der Waals surface area contributed by atoms with Gasteiger partial charge in [-0.15, -0.1) is 0 Å². The van der Waals surface area contributed by atoms with Crippen molar-refractivity contribution < 1.29 is 23.5 Å². The smallest absolute Gasteiger partial charge is 0.339 e. The van der Waals surface area contributed by atoms with E-state index in [9.17, 15) is 19.5 Å². The summed E-state index contributed by atoms with van der Waals surface area (Å²) >= 11 is 0. The van der Waals surface area contributed by atoms with Crippen LogP contribution >= 0.6 is 0 Å². The molecular weight excluding hydrogens is 386 g/mol. The average molecular weight is 410 g/mol. The Hall–Kier alpha value is -3.09. The number of fused-ring (bicyclic) bond motifs is 2. The van der Waals surface area contributed by atoms with E-state index in [0.29, 0.717) is 29.7 Å². The van der Waals surface area contributed by atoms with E-state index in [-0.39, 0.29) is 18.7 Å². The first-order valence-electron chi connectivity index (χ1n) is 10.2. The first-order chi connectivity index (χ1) is 14.3. The highest BCUT2D eigenvalue weighted by Crippen LogP contribution is 2.32. The Morgan fingerprint density at radius 2 is 1.90 bits per heavy atom. The normalized spacial score (nSPS) is 17.0. The number of amides is 1. The maximum Gasteiger partial charge on any atom is 0.339 e. The second-order valence-electron chi connectivity index (χ2n) is 8.08. The van der Waals surface area contributed by atoms with Gasteiger partial charge in [-0.1, -0.05) is 0 Å². The zero-order chi connectivity index (χ0) is 21.6. The van der Waals surface area contributed by atoms with E-state index in [1.807, 2.05) is 26.8 Å². The van der Waals surface area contributed by atoms with Crippen LogP contribution in [-0.2, 0) is 16.0 Å². The highest BCUT2D eigenvalue weighted by molar-refractivity contribution is 5.99. The molecular formula is C23H24NO6-. The standard InChI is InChI=1S/C23H25NO6/c1-12-11-29-20-14(3)21-17(10-16(12)20)13(2)15(23(28)30-21)7-8-19(25)24-9-5-4-6-18(24)22(26)27/h10-11,18H,4-9H2,1-3H3,(H,26,27)/p-1/t18-/m1/s1. The fourth-order valence-electron chi connectivity index (χ4n) is 4.46. The van der Waals surface area contributed by atoms with Gasteiger partial charge in [0.2, 0.25) is 5.91 Å². The third-order valence-corrected chi connectivity index (χ3v) is 6.22. The second kappa shape index (κ2) is 7.63. The lowest BCUT2D eigenvalue weighted by molar-refractivity contribution is -0.312. The molecule has 158 valence electrons. The molecule has 1 aliphatic rings. The quantitative estimate of drug-likeness (QED) is 0.612. The van der Waals surface area contributed by atoms with E-state index in [2.05, 4.69) is 0 Å². The van der Waals surface area contributed by atoms with Crippen molar-refractivity contribution in [2.75, 3.05) is 6.54 Å². The summed E-state index contributed by atoms with van der Waals surface area (Å²) in [4.78, 5) is 38.1. The highest BCUT2D eigenvalue weighted by atomic mass is 16.4. The summed E-state index contributed by atoms with van der Waals surface area (Å²) in [5, 5.41) is 13.1. The third kappa shape index (κ3) is 3.28. The zero-order valence-electron chi connectivity index (χ0n) is 17.4. The molecule has 3 aromatic rings. The predicted molar refractivity (Wildman–Crippen MR) is 109 cm³/mol. The number of benzene rings is 1. The number of carboxylic acids is 1. The summed E-state index contributed by atoms with van der Waals surface area (Å²) in [6.45, 7) is 6.07. The number of piperidine rings is 1. The first-order valence-corrected chi connectivity index (χ1v) is 10.2. The molecule has 1 fully saturated rings. The Bertz CT molecular complexity index is 1220. The van der Waals surface area contributed by atoms with Gasteiger partial charge in [0.15, 0.2) is 0 Å². The molecule has 1 aliphatic heterocycles. The van der Waals surface area contributed by atoms with Gasteiger partial charge < -0.3 is 23.6 Å². The number of carbonyl (C=O) groups excluding carboxylic acids is 2. The minimum absolute atomic E-state index is 0.0485. The summed E-state index contributed by atoms with van der Waals surface area (Å²) in [6, 6.07) is 1.07. The average Bonchev–Trinajstić information content (AvgIpc) is 3.09. The Morgan fingerprint density at radius 1 is 1.13 bits per heavy atom. The number of aliphatic carboxylic acids is 1. The minimum atomic E-state index is -1.22. The van der Waals surface area contributed by atoms with Crippen LogP contribution in [0, 0.1) is 20.8 Å². The van der Waals surface area contributed by atoms with Crippen LogP contribution < -0.4 is 10.7 Å². The van der Waals surface area contributed by atoms with Crippen molar-refractivity contribution in [3.8, 4) is 0 Å². The van der Waals surface area contributed by atoms with E-state index in [0.717, 1.165) is 40.3 Å². The molecule has 1 atom stereocenters. The molecule has 7 heteroatoms. The maximum absolute atomic E-state index is 12.7. The number of nitrogens with zero attached hydrogens (tertiary/aromatic N) is 1. The molecule has 0 aliphatic carbocycles. The zero-order valence-corrected chi connectivity index (χ0v) is 17.4. The van der Waals surface area contributed by atoms with Crippen molar-refractivity contribution in [1.82, 2.24) is 4.90 Å². The van der Waals surface area contributed by atoms with Crippen molar-refractivity contribution in [3.05, 3.63) is 45.0 Å². The molecule has 30 heavy (non-hydrogen) atoms. The molecule has 0 spiro atoms. The van der Waals surface area contributed by atoms with E-state index < -0.39 is 17.6 Å². The van der Waals surface area contributed by atoms with Crippen LogP contribution in [0.15, 0.2) is 26.0 Å². The largest absolute Gasteiger partial charge is 0.548 e. The Labute approximate surface area is 173 Å². The van der Waals surface area contributed by atoms with Crippen LogP contribution in [0.25, 0.3) is 21.9 Å². The number of hydrogen-bond acceptors (Lipinski definition) is 6. The monoisotopic (exact) mass is 410 g/mol. The number of aryl methyl sites for hydroxylation is 3. The van der Waals surface area contributed by atoms with Gasteiger partial charge in [0.05, 0.1) is 18.3 Å². The van der Waals surface area contributed by atoms with Crippen LogP contribution in [-0.4, -0.2) is 29.4 Å². The minimum Gasteiger partial charge on any atom is -0.548 e. The van der Waals surface area contributed by atoms with Gasteiger partial charge in [-0.2, -0.15) is 0 Å². The Morgan fingerprint density at radius 3 is 2.63 bits per heavy atom. The number of furan rings is 1. The predicted octanol–water partition coefficient (Wildman–Crippen LogP) is 2.53. The van der Waals surface area contributed by atoms with Crippen LogP contribution in [0.1, 0.15) is 47.9 Å². The fraction of sp³-hybridized carbons (Fsp3) is 0.435. The lowest BCUT2D eigenvalue weighted by Gasteiger charge is -2.36. The van der Waals surface area contributed by atoms with E-state index in [1.54, 1.807) is 6.26 Å². The van der Waals surface area contributed by atoms with Crippen LogP contribution in [0.4, 0.5) is 0 Å². The molecule has 3 heterocycles. The van der Waals surface area contributed by atoms with E-state index in [1.165, 1.54) is 4.90 Å². The van der Waals surface area contributed by atoms with Crippen molar-refractivity contribution in [2.45, 2.75) is 58.9 Å². The summed E-state index contributed by atoms with van der Waals surface area (Å²) in [5.41, 5.74) is 3.69. The molecule has 4 rings (SSSR count). The Kier molecular flexibility index (Phi) is 5.13. The molecule has 0 unspecified atom stereocenters. The summed E-state index contributed by atoms with van der Waals surface area (Å²) in [5.74, 6) is -1.50. The molecule has 1 aromatic carbocycles. The second-order valence-corrected chi connectivity index (χ2v) is 8.08. The van der Waals surface area contributed by atoms with Crippen molar-refractivity contribution in [1.29, 1.82) is 0 Å². The van der Waals surface area contributed by atoms with Gasteiger partial charge in [0, 0.05) is 34.9 Å². The molecule has 0 saturated carbocycles. The van der Waals surface area contributed by atoms with Gasteiger partial charge in [-0.05, 0) is 63.6 Å². The van der Waals surface area contributed by atoms with Gasteiger partial charge in [-0.3, -0.25) is 4.79 Å². The molecule has 0 N–H and O–H groups in total. The fourth-order valence-corrected chi connectivity index (χ4v) is 4.46. The lowest BCUT2D eigenvalue weighted by Crippen LogP contribution is -2.52. The van der Waals surface area contributed by atoms with Gasteiger partial charge in [-0.25, -0.2) is 4.79 Å². The van der Waals surface area contributed by atoms with E-state index in [4.69, 9.17) is 8.83 Å². The summed E-state index contributed by atoms with van der Waals surface area (Å²) in [6.07, 6.45) is 3.86. The van der Waals surface area contributed by atoms with Gasteiger partial charge in [0.1, 0.15) is 11.2 Å². The molecule has 7 nitrogen and oxygen atoms in total. The maximum atomic E-state index is 12.7. The van der Waals surface area contributed by atoms with Crippen LogP contribution in [0.3, 0.4) is 0 Å². The van der Waals surface area contributed by atoms with Crippen LogP contribution in [0.2, 0.25) is 0 Å². The molecule has 0 radical (unpaired) electrons. The van der Waals surface area contributed by atoms with E-state index >= 15 is 0 Å². The highest BCUT2D eigenvalue weighted by Gasteiger charge is 2.27. The third-order valence-electron chi connectivity index (χ3n) is 6.22.